The molecule has 6 N–H and O–H groups in total. The molecule has 0 saturated heterocycles. The molecule has 0 bridgehead atoms. The molecule has 0 spiro atoms. The number of aliphatic hydroxyl groups excluding tert-OH is 1. The fraction of sp³-hybridized carbons (Fsp3) is 0.364. The zero-order valence-corrected chi connectivity index (χ0v) is 12.0. The Morgan fingerprint density at radius 3 is 1.21 bits per heavy atom. The lowest BCUT2D eigenvalue weighted by Crippen LogP contribution is -2.22. The van der Waals surface area contributed by atoms with E-state index in [4.69, 9.17) is 30.6 Å². The molecule has 0 heterocycles. The van der Waals surface area contributed by atoms with Crippen LogP contribution in [0.1, 0.15) is 19.8 Å². The van der Waals surface area contributed by atoms with Crippen LogP contribution in [0.5, 0.6) is 0 Å². The van der Waals surface area contributed by atoms with E-state index < -0.39 is 60.4 Å². The van der Waals surface area contributed by atoms with Crippen molar-refractivity contribution in [3.63, 3.8) is 0 Å². The van der Waals surface area contributed by atoms with E-state index >= 15 is 0 Å². The topological polar surface area (TPSA) is 241 Å². The molecular weight excluding hydrogens is 340 g/mol. The van der Waals surface area contributed by atoms with E-state index in [-0.39, 0.29) is 0 Å². The normalized spacial score (nSPS) is 9.75. The first-order chi connectivity index (χ1) is 10.7. The molecule has 13 nitrogen and oxygen atoms in total. The second-order valence-corrected chi connectivity index (χ2v) is 3.61. The smallest absolute Gasteiger partial charge is 0.372 e. The van der Waals surface area contributed by atoms with Crippen LogP contribution in [0.25, 0.3) is 0 Å². The number of carboxylic acid groups (broad SMARTS) is 5. The molecule has 0 aromatic heterocycles. The minimum absolute atomic E-state index is 0.755. The van der Waals surface area contributed by atoms with Gasteiger partial charge in [0.2, 0.25) is 5.78 Å². The molecule has 0 fully saturated rings. The Morgan fingerprint density at radius 1 is 0.750 bits per heavy atom. The maximum Gasteiger partial charge on any atom is 0.372 e. The summed E-state index contributed by atoms with van der Waals surface area (Å²) >= 11 is 0. The molecule has 0 aliphatic carbocycles. The zero-order valence-electron chi connectivity index (χ0n) is 12.0. The Labute approximate surface area is 132 Å². The van der Waals surface area contributed by atoms with Crippen LogP contribution in [0.2, 0.25) is 0 Å². The van der Waals surface area contributed by atoms with E-state index in [0.29, 0.717) is 0 Å². The van der Waals surface area contributed by atoms with E-state index in [9.17, 15) is 33.6 Å². The van der Waals surface area contributed by atoms with Gasteiger partial charge in [-0.15, -0.1) is 0 Å². The molecular formula is C11H14O13. The molecule has 0 aromatic carbocycles. The monoisotopic (exact) mass is 354 g/mol. The summed E-state index contributed by atoms with van der Waals surface area (Å²) in [7, 11) is 0. The minimum Gasteiger partial charge on any atom is -0.481 e. The first-order valence-corrected chi connectivity index (χ1v) is 5.56. The summed E-state index contributed by atoms with van der Waals surface area (Å²) < 4.78 is 0. The Morgan fingerprint density at radius 2 is 1.12 bits per heavy atom. The molecule has 1 unspecified atom stereocenters. The predicted octanol–water partition coefficient (Wildman–Crippen LogP) is -2.32. The Balaban J connectivity index is -0.000000282. The lowest BCUT2D eigenvalue weighted by Gasteiger charge is -1.97. The van der Waals surface area contributed by atoms with Crippen molar-refractivity contribution >= 4 is 41.4 Å². The molecule has 0 aliphatic heterocycles. The fourth-order valence-electron chi connectivity index (χ4n) is 0.466. The fourth-order valence-corrected chi connectivity index (χ4v) is 0.466. The van der Waals surface area contributed by atoms with Crippen molar-refractivity contribution in [2.75, 3.05) is 0 Å². The van der Waals surface area contributed by atoms with Gasteiger partial charge in [0, 0.05) is 6.92 Å². The molecule has 136 valence electrons. The maximum absolute atomic E-state index is 9.97. The largest absolute Gasteiger partial charge is 0.481 e. The third-order valence-electron chi connectivity index (χ3n) is 1.50. The molecule has 0 rings (SSSR count). The first-order valence-electron chi connectivity index (χ1n) is 5.56. The van der Waals surface area contributed by atoms with Crippen molar-refractivity contribution in [3.05, 3.63) is 0 Å². The molecule has 0 amide bonds. The van der Waals surface area contributed by atoms with Crippen molar-refractivity contribution in [2.24, 2.45) is 0 Å². The van der Waals surface area contributed by atoms with Crippen LogP contribution in [0, 0.1) is 0 Å². The highest BCUT2D eigenvalue weighted by Crippen LogP contribution is 1.89. The van der Waals surface area contributed by atoms with Crippen LogP contribution >= 0.6 is 0 Å². The van der Waals surface area contributed by atoms with Gasteiger partial charge in [-0.05, 0) is 0 Å². The summed E-state index contributed by atoms with van der Waals surface area (Å²) in [5, 5.41) is 47.5. The van der Waals surface area contributed by atoms with Gasteiger partial charge in [-0.25, -0.2) is 14.4 Å². The molecule has 13 heteroatoms. The highest BCUT2D eigenvalue weighted by molar-refractivity contribution is 6.35. The van der Waals surface area contributed by atoms with Crippen LogP contribution in [0.15, 0.2) is 0 Å². The number of aliphatic hydroxyl groups is 1. The van der Waals surface area contributed by atoms with Crippen LogP contribution in [-0.2, 0) is 33.6 Å². The Hall–Kier alpha value is -3.35. The number of Topliss-reactive ketones (excluding diaryl/α,β-unsaturated/α-hetero) is 2. The first kappa shape index (κ1) is 25.6. The number of carbonyl (C=O) groups is 7. The standard InChI is InChI=1S/C4H6O5.C4H4O5.C3H4O3/c2*5-2(4(8)9)1-3(6)7;1-2(4)3(5)6/h2,5H,1H2,(H,6,7)(H,8,9);1H2,(H,6,7)(H,8,9);1H3,(H,5,6). The van der Waals surface area contributed by atoms with Crippen molar-refractivity contribution < 1.29 is 64.2 Å². The number of ketones is 2. The van der Waals surface area contributed by atoms with Gasteiger partial charge < -0.3 is 30.6 Å². The number of rotatable bonds is 7. The number of aliphatic carboxylic acids is 5. The van der Waals surface area contributed by atoms with E-state index in [1.807, 2.05) is 0 Å². The van der Waals surface area contributed by atoms with E-state index in [1.165, 1.54) is 0 Å². The highest BCUT2D eigenvalue weighted by Gasteiger charge is 2.16. The van der Waals surface area contributed by atoms with Crippen molar-refractivity contribution in [3.8, 4) is 0 Å². The van der Waals surface area contributed by atoms with Crippen LogP contribution < -0.4 is 0 Å². The Kier molecular flexibility index (Phi) is 14.2. The Bertz CT molecular complexity index is 506. The van der Waals surface area contributed by atoms with Gasteiger partial charge >= 0.3 is 29.8 Å². The number of hydrogen-bond acceptors (Lipinski definition) is 8. The molecule has 0 saturated carbocycles. The van der Waals surface area contributed by atoms with E-state index in [1.54, 1.807) is 0 Å². The lowest BCUT2D eigenvalue weighted by molar-refractivity contribution is -0.153. The van der Waals surface area contributed by atoms with E-state index in [0.717, 1.165) is 6.92 Å². The van der Waals surface area contributed by atoms with Gasteiger partial charge in [0.15, 0.2) is 6.10 Å². The SMILES string of the molecule is CC(=O)C(=O)O.O=C(O)CC(=O)C(=O)O.O=C(O)CC(O)C(=O)O. The van der Waals surface area contributed by atoms with Crippen molar-refractivity contribution in [1.82, 2.24) is 0 Å². The second kappa shape index (κ2) is 13.3. The number of carboxylic acids is 5. The molecule has 24 heavy (non-hydrogen) atoms. The third-order valence-corrected chi connectivity index (χ3v) is 1.50. The van der Waals surface area contributed by atoms with Gasteiger partial charge in [0.1, 0.15) is 6.42 Å². The van der Waals surface area contributed by atoms with Gasteiger partial charge in [-0.1, -0.05) is 0 Å². The van der Waals surface area contributed by atoms with Gasteiger partial charge in [0.05, 0.1) is 6.42 Å². The lowest BCUT2D eigenvalue weighted by atomic mass is 10.3. The average molecular weight is 354 g/mol. The summed E-state index contributed by atoms with van der Waals surface area (Å²) in [5.41, 5.74) is 0. The van der Waals surface area contributed by atoms with Crippen LogP contribution in [0.3, 0.4) is 0 Å². The summed E-state index contributed by atoms with van der Waals surface area (Å²) in [6.07, 6.45) is -3.49. The highest BCUT2D eigenvalue weighted by atomic mass is 16.4. The second-order valence-electron chi connectivity index (χ2n) is 3.61. The summed E-state index contributed by atoms with van der Waals surface area (Å²) in [6, 6.07) is 0. The van der Waals surface area contributed by atoms with Gasteiger partial charge in [-0.2, -0.15) is 0 Å². The zero-order chi connectivity index (χ0) is 20.0. The van der Waals surface area contributed by atoms with Gasteiger partial charge in [0.25, 0.3) is 5.78 Å². The molecule has 0 aromatic rings. The average Bonchev–Trinajstić information content (AvgIpc) is 2.38. The third kappa shape index (κ3) is 21.0. The maximum atomic E-state index is 9.97. The molecule has 0 radical (unpaired) electrons. The quantitative estimate of drug-likeness (QED) is 0.208. The van der Waals surface area contributed by atoms with Crippen molar-refractivity contribution in [1.29, 1.82) is 0 Å². The van der Waals surface area contributed by atoms with Crippen LogP contribution in [0.4, 0.5) is 0 Å². The summed E-state index contributed by atoms with van der Waals surface area (Å²) in [4.78, 5) is 67.5. The molecule has 1 atom stereocenters. The van der Waals surface area contributed by atoms with Crippen LogP contribution in [-0.4, -0.2) is 78.2 Å². The summed E-state index contributed by atoms with van der Waals surface area (Å²) in [6.45, 7) is 1.00. The van der Waals surface area contributed by atoms with Crippen molar-refractivity contribution in [2.45, 2.75) is 25.9 Å². The van der Waals surface area contributed by atoms with Gasteiger partial charge in [-0.3, -0.25) is 19.2 Å². The molecule has 0 aliphatic rings. The predicted molar refractivity (Wildman–Crippen MR) is 69.1 cm³/mol. The number of carbonyl (C=O) groups excluding carboxylic acids is 2. The summed E-state index contributed by atoms with van der Waals surface area (Å²) in [5.74, 6) is -9.49. The minimum atomic E-state index is -1.79. The van der Waals surface area contributed by atoms with E-state index in [2.05, 4.69) is 0 Å². The number of hydrogen-bond donors (Lipinski definition) is 6.